The zero-order chi connectivity index (χ0) is 44.0. The minimum atomic E-state index is -0.574. The normalized spacial score (nSPS) is 14.1. The van der Waals surface area contributed by atoms with Crippen molar-refractivity contribution in [1.82, 2.24) is 0 Å². The third kappa shape index (κ3) is 5.48. The Morgan fingerprint density at radius 3 is 1.50 bits per heavy atom. The number of anilines is 6. The van der Waals surface area contributed by atoms with Crippen molar-refractivity contribution in [3.63, 3.8) is 0 Å². The molecule has 0 saturated carbocycles. The Hall–Kier alpha value is -8.20. The van der Waals surface area contributed by atoms with E-state index in [4.69, 9.17) is 0 Å². The van der Waals surface area contributed by atoms with Crippen LogP contribution in [-0.4, -0.2) is 0 Å². The van der Waals surface area contributed by atoms with E-state index < -0.39 is 5.41 Å². The van der Waals surface area contributed by atoms with Crippen molar-refractivity contribution >= 4 is 34.1 Å². The second-order valence-electron chi connectivity index (χ2n) is 18.4. The number of para-hydroxylation sites is 4. The van der Waals surface area contributed by atoms with Gasteiger partial charge in [-0.15, -0.1) is 0 Å². The molecule has 1 heterocycles. The molecule has 2 heteroatoms. The largest absolute Gasteiger partial charge is 0.310 e. The molecule has 0 bridgehead atoms. The van der Waals surface area contributed by atoms with Gasteiger partial charge in [0.05, 0.1) is 22.5 Å². The molecule has 66 heavy (non-hydrogen) atoms. The van der Waals surface area contributed by atoms with Gasteiger partial charge in [-0.05, 0) is 133 Å². The Labute approximate surface area is 387 Å². The molecular formula is C64H46N2. The van der Waals surface area contributed by atoms with Gasteiger partial charge < -0.3 is 9.80 Å². The molecule has 1 spiro atoms. The minimum absolute atomic E-state index is 0.0659. The van der Waals surface area contributed by atoms with Crippen LogP contribution in [0.15, 0.2) is 243 Å². The van der Waals surface area contributed by atoms with Crippen LogP contribution in [0.3, 0.4) is 0 Å². The molecule has 2 nitrogen and oxygen atoms in total. The topological polar surface area (TPSA) is 6.48 Å². The molecule has 0 atom stereocenters. The summed E-state index contributed by atoms with van der Waals surface area (Å²) < 4.78 is 0. The van der Waals surface area contributed by atoms with E-state index in [2.05, 4.69) is 266 Å². The van der Waals surface area contributed by atoms with Crippen molar-refractivity contribution in [2.75, 3.05) is 9.80 Å². The van der Waals surface area contributed by atoms with Gasteiger partial charge in [0.2, 0.25) is 0 Å². The smallest absolute Gasteiger partial charge is 0.0755 e. The Bertz CT molecular complexity index is 3460. The molecule has 2 aliphatic carbocycles. The molecular weight excluding hydrogens is 797 g/mol. The van der Waals surface area contributed by atoms with Crippen LogP contribution in [0.4, 0.5) is 34.1 Å². The van der Waals surface area contributed by atoms with Gasteiger partial charge in [0, 0.05) is 28.0 Å². The molecule has 0 unspecified atom stereocenters. The monoisotopic (exact) mass is 842 g/mol. The molecule has 0 saturated heterocycles. The summed E-state index contributed by atoms with van der Waals surface area (Å²) in [5.74, 6) is 0. The molecule has 3 aliphatic rings. The first kappa shape index (κ1) is 38.3. The molecule has 10 aromatic carbocycles. The van der Waals surface area contributed by atoms with E-state index >= 15 is 0 Å². The van der Waals surface area contributed by atoms with E-state index in [0.717, 1.165) is 22.7 Å². The Balaban J connectivity index is 1.02. The third-order valence-corrected chi connectivity index (χ3v) is 14.7. The number of fused-ring (bicyclic) bond motifs is 12. The fourth-order valence-corrected chi connectivity index (χ4v) is 11.7. The molecule has 312 valence electrons. The Morgan fingerprint density at radius 1 is 0.318 bits per heavy atom. The van der Waals surface area contributed by atoms with E-state index in [0.29, 0.717) is 0 Å². The van der Waals surface area contributed by atoms with Crippen molar-refractivity contribution in [1.29, 1.82) is 0 Å². The molecule has 0 amide bonds. The predicted octanol–water partition coefficient (Wildman–Crippen LogP) is 16.9. The zero-order valence-electron chi connectivity index (χ0n) is 37.0. The Morgan fingerprint density at radius 2 is 0.803 bits per heavy atom. The third-order valence-electron chi connectivity index (χ3n) is 14.7. The van der Waals surface area contributed by atoms with Gasteiger partial charge in [0.25, 0.3) is 0 Å². The summed E-state index contributed by atoms with van der Waals surface area (Å²) in [7, 11) is 0. The van der Waals surface area contributed by atoms with Gasteiger partial charge in [0.1, 0.15) is 0 Å². The second-order valence-corrected chi connectivity index (χ2v) is 18.4. The van der Waals surface area contributed by atoms with Crippen LogP contribution in [-0.2, 0) is 10.8 Å². The lowest BCUT2D eigenvalue weighted by atomic mass is 9.64. The van der Waals surface area contributed by atoms with Gasteiger partial charge in [-0.25, -0.2) is 0 Å². The lowest BCUT2D eigenvalue weighted by Crippen LogP contribution is -2.36. The average molecular weight is 843 g/mol. The summed E-state index contributed by atoms with van der Waals surface area (Å²) >= 11 is 0. The SMILES string of the molecule is CC1(C)c2ccccc2-c2ccc(-c3ccc(N(c4ccc5c(c4)C4(c6ccccc6-5)c5ccccc5N(c5ccccc5)c5ccccc54)c4ccccc4-c4ccccc4)cc3)cc21. The minimum Gasteiger partial charge on any atom is -0.310 e. The van der Waals surface area contributed by atoms with Crippen LogP contribution in [0.5, 0.6) is 0 Å². The van der Waals surface area contributed by atoms with Crippen LogP contribution < -0.4 is 9.80 Å². The highest BCUT2D eigenvalue weighted by Gasteiger charge is 2.52. The van der Waals surface area contributed by atoms with E-state index in [9.17, 15) is 0 Å². The van der Waals surface area contributed by atoms with Crippen molar-refractivity contribution in [3.8, 4) is 44.5 Å². The lowest BCUT2D eigenvalue weighted by Gasteiger charge is -2.45. The molecule has 0 aromatic heterocycles. The highest BCUT2D eigenvalue weighted by Crippen LogP contribution is 2.64. The van der Waals surface area contributed by atoms with Crippen LogP contribution in [0.1, 0.15) is 47.2 Å². The Kier molecular flexibility index (Phi) is 8.51. The molecule has 0 radical (unpaired) electrons. The van der Waals surface area contributed by atoms with Crippen molar-refractivity contribution in [2.24, 2.45) is 0 Å². The number of hydrogen-bond donors (Lipinski definition) is 0. The zero-order valence-corrected chi connectivity index (χ0v) is 37.0. The van der Waals surface area contributed by atoms with Crippen LogP contribution in [0.25, 0.3) is 44.5 Å². The van der Waals surface area contributed by atoms with E-state index in [1.165, 1.54) is 89.3 Å². The average Bonchev–Trinajstić information content (AvgIpc) is 3.80. The highest BCUT2D eigenvalue weighted by molar-refractivity contribution is 5.98. The number of benzene rings is 10. The second kappa shape index (κ2) is 14.7. The van der Waals surface area contributed by atoms with Crippen molar-refractivity contribution in [2.45, 2.75) is 24.7 Å². The van der Waals surface area contributed by atoms with E-state index in [1.54, 1.807) is 0 Å². The lowest BCUT2D eigenvalue weighted by molar-refractivity contribution is 0.660. The van der Waals surface area contributed by atoms with Crippen LogP contribution in [0.2, 0.25) is 0 Å². The summed E-state index contributed by atoms with van der Waals surface area (Å²) in [5, 5.41) is 0. The number of hydrogen-bond acceptors (Lipinski definition) is 2. The molecule has 0 N–H and O–H groups in total. The maximum atomic E-state index is 2.50. The summed E-state index contributed by atoms with van der Waals surface area (Å²) in [6.07, 6.45) is 0. The summed E-state index contributed by atoms with van der Waals surface area (Å²) in [6, 6.07) is 90.0. The maximum Gasteiger partial charge on any atom is 0.0755 e. The molecule has 1 aliphatic heterocycles. The maximum absolute atomic E-state index is 2.50. The van der Waals surface area contributed by atoms with E-state index in [1.807, 2.05) is 0 Å². The fourth-order valence-electron chi connectivity index (χ4n) is 11.7. The summed E-state index contributed by atoms with van der Waals surface area (Å²) in [6.45, 7) is 4.71. The molecule has 0 fully saturated rings. The standard InChI is InChI=1S/C64H46N2/c1-63(2)54-26-12-9-24-50(54)52-39-35-45(41-58(52)63)43-33-36-47(37-34-43)65(60-30-16-11-23-49(60)44-19-5-3-6-20-44)48-38-40-53-51-25-10-13-27-55(51)64(59(53)42-48)56-28-14-17-31-61(56)66(46-21-7-4-8-22-46)62-32-18-15-29-57(62)64/h3-42H,1-2H3. The van der Waals surface area contributed by atoms with Gasteiger partial charge in [-0.1, -0.05) is 196 Å². The quantitative estimate of drug-likeness (QED) is 0.165. The molecule has 10 aromatic rings. The van der Waals surface area contributed by atoms with Crippen molar-refractivity contribution < 1.29 is 0 Å². The van der Waals surface area contributed by atoms with Gasteiger partial charge >= 0.3 is 0 Å². The summed E-state index contributed by atoms with van der Waals surface area (Å²) in [5.41, 5.74) is 24.2. The predicted molar refractivity (Wildman–Crippen MR) is 275 cm³/mol. The van der Waals surface area contributed by atoms with Crippen LogP contribution in [0, 0.1) is 0 Å². The fraction of sp³-hybridized carbons (Fsp3) is 0.0625. The number of nitrogens with zero attached hydrogens (tertiary/aromatic N) is 2. The first-order chi connectivity index (χ1) is 32.5. The van der Waals surface area contributed by atoms with Gasteiger partial charge in [0.15, 0.2) is 0 Å². The van der Waals surface area contributed by atoms with Gasteiger partial charge in [-0.3, -0.25) is 0 Å². The molecule has 13 rings (SSSR count). The van der Waals surface area contributed by atoms with Crippen molar-refractivity contribution in [3.05, 3.63) is 276 Å². The van der Waals surface area contributed by atoms with E-state index in [-0.39, 0.29) is 5.41 Å². The first-order valence-corrected chi connectivity index (χ1v) is 23.1. The van der Waals surface area contributed by atoms with Gasteiger partial charge in [-0.2, -0.15) is 0 Å². The van der Waals surface area contributed by atoms with Crippen LogP contribution >= 0.6 is 0 Å². The summed E-state index contributed by atoms with van der Waals surface area (Å²) in [4.78, 5) is 4.92. The first-order valence-electron chi connectivity index (χ1n) is 23.1. The number of rotatable bonds is 6. The highest BCUT2D eigenvalue weighted by atomic mass is 15.2.